The van der Waals surface area contributed by atoms with E-state index >= 15 is 0 Å². The molecule has 0 aliphatic carbocycles. The Morgan fingerprint density at radius 2 is 2.03 bits per heavy atom. The monoisotopic (exact) mass is 494 g/mol. The SMILES string of the molecule is C#Cc1ccc2c(c1)[C@@H](N)C1(CCN(c3ncc(Sc4ccnc(N)c4Cl)c(=O)n3C)CC1)O2. The highest BCUT2D eigenvalue weighted by atomic mass is 35.5. The summed E-state index contributed by atoms with van der Waals surface area (Å²) in [6, 6.07) is 7.16. The minimum atomic E-state index is -0.487. The number of hydrogen-bond acceptors (Lipinski definition) is 8. The zero-order chi connectivity index (χ0) is 24.0. The van der Waals surface area contributed by atoms with Crippen LogP contribution >= 0.6 is 23.4 Å². The van der Waals surface area contributed by atoms with Crippen molar-refractivity contribution in [1.29, 1.82) is 0 Å². The van der Waals surface area contributed by atoms with Crippen LogP contribution in [0.5, 0.6) is 5.75 Å². The van der Waals surface area contributed by atoms with Crippen molar-refractivity contribution in [3.63, 3.8) is 0 Å². The normalized spacial score (nSPS) is 18.4. The topological polar surface area (TPSA) is 112 Å². The lowest BCUT2D eigenvalue weighted by Gasteiger charge is -2.41. The molecule has 0 radical (unpaired) electrons. The third kappa shape index (κ3) is 3.68. The molecule has 0 unspecified atom stereocenters. The minimum Gasteiger partial charge on any atom is -0.485 e. The van der Waals surface area contributed by atoms with E-state index in [9.17, 15) is 4.79 Å². The molecule has 1 saturated heterocycles. The molecule has 4 N–H and O–H groups in total. The lowest BCUT2D eigenvalue weighted by atomic mass is 9.83. The molecule has 4 heterocycles. The molecule has 34 heavy (non-hydrogen) atoms. The number of benzene rings is 1. The second kappa shape index (κ2) is 8.55. The maximum absolute atomic E-state index is 13.1. The molecule has 174 valence electrons. The third-order valence-corrected chi connectivity index (χ3v) is 8.07. The van der Waals surface area contributed by atoms with E-state index in [2.05, 4.69) is 20.8 Å². The first-order valence-corrected chi connectivity index (χ1v) is 12.0. The highest BCUT2D eigenvalue weighted by molar-refractivity contribution is 7.99. The number of rotatable bonds is 3. The van der Waals surface area contributed by atoms with Crippen LogP contribution in [0.1, 0.15) is 30.0 Å². The van der Waals surface area contributed by atoms with Gasteiger partial charge in [0.25, 0.3) is 5.56 Å². The lowest BCUT2D eigenvalue weighted by Crippen LogP contribution is -2.52. The van der Waals surface area contributed by atoms with Gasteiger partial charge in [0, 0.05) is 55.2 Å². The largest absolute Gasteiger partial charge is 0.485 e. The van der Waals surface area contributed by atoms with Crippen LogP contribution in [0.25, 0.3) is 0 Å². The van der Waals surface area contributed by atoms with Crippen LogP contribution in [0.2, 0.25) is 5.02 Å². The summed E-state index contributed by atoms with van der Waals surface area (Å²) in [5, 5.41) is 0.322. The Morgan fingerprint density at radius 1 is 1.26 bits per heavy atom. The van der Waals surface area contributed by atoms with Gasteiger partial charge in [-0.2, -0.15) is 0 Å². The number of piperidine rings is 1. The molecule has 10 heteroatoms. The number of halogens is 1. The maximum Gasteiger partial charge on any atom is 0.268 e. The minimum absolute atomic E-state index is 0.162. The fourth-order valence-corrected chi connectivity index (χ4v) is 5.67. The number of anilines is 2. The van der Waals surface area contributed by atoms with Crippen LogP contribution in [0, 0.1) is 12.3 Å². The fraction of sp³-hybridized carbons (Fsp3) is 0.292. The molecule has 1 atom stereocenters. The first kappa shape index (κ1) is 22.6. The molecule has 2 aromatic heterocycles. The van der Waals surface area contributed by atoms with Crippen molar-refractivity contribution in [3.05, 3.63) is 63.2 Å². The van der Waals surface area contributed by atoms with E-state index in [4.69, 9.17) is 34.2 Å². The van der Waals surface area contributed by atoms with Crippen LogP contribution in [0.3, 0.4) is 0 Å². The van der Waals surface area contributed by atoms with Gasteiger partial charge in [-0.15, -0.1) is 6.42 Å². The van der Waals surface area contributed by atoms with E-state index in [1.54, 1.807) is 30.1 Å². The summed E-state index contributed by atoms with van der Waals surface area (Å²) in [5.41, 5.74) is 13.5. The molecule has 0 bridgehead atoms. The molecule has 1 fully saturated rings. The Balaban J connectivity index is 1.34. The molecule has 1 spiro atoms. The van der Waals surface area contributed by atoms with E-state index in [0.29, 0.717) is 46.7 Å². The number of nitrogens with two attached hydrogens (primary N) is 2. The van der Waals surface area contributed by atoms with Gasteiger partial charge in [0.15, 0.2) is 0 Å². The number of terminal acetylenes is 1. The Morgan fingerprint density at radius 3 is 2.76 bits per heavy atom. The van der Waals surface area contributed by atoms with Gasteiger partial charge in [-0.05, 0) is 24.3 Å². The molecule has 0 saturated carbocycles. The van der Waals surface area contributed by atoms with E-state index in [-0.39, 0.29) is 17.4 Å². The summed E-state index contributed by atoms with van der Waals surface area (Å²) in [6.07, 6.45) is 10.1. The Kier molecular flexibility index (Phi) is 5.68. The van der Waals surface area contributed by atoms with Crippen LogP contribution in [-0.2, 0) is 7.05 Å². The van der Waals surface area contributed by atoms with Gasteiger partial charge >= 0.3 is 0 Å². The summed E-state index contributed by atoms with van der Waals surface area (Å²) in [6.45, 7) is 1.31. The molecule has 0 amide bonds. The number of nitrogens with zero attached hydrogens (tertiary/aromatic N) is 4. The Labute approximate surface area is 206 Å². The summed E-state index contributed by atoms with van der Waals surface area (Å²) in [5.74, 6) is 4.27. The van der Waals surface area contributed by atoms with E-state index in [1.807, 2.05) is 18.2 Å². The van der Waals surface area contributed by atoms with Crippen molar-refractivity contribution in [3.8, 4) is 18.1 Å². The highest BCUT2D eigenvalue weighted by Crippen LogP contribution is 2.47. The number of fused-ring (bicyclic) bond motifs is 1. The van der Waals surface area contributed by atoms with E-state index < -0.39 is 5.60 Å². The molecular formula is C24H23ClN6O2S. The van der Waals surface area contributed by atoms with Crippen molar-refractivity contribution in [1.82, 2.24) is 14.5 Å². The number of ether oxygens (including phenoxy) is 1. The zero-order valence-electron chi connectivity index (χ0n) is 18.5. The second-order valence-electron chi connectivity index (χ2n) is 8.43. The third-order valence-electron chi connectivity index (χ3n) is 6.50. The molecule has 8 nitrogen and oxygen atoms in total. The number of hydrogen-bond donors (Lipinski definition) is 2. The summed E-state index contributed by atoms with van der Waals surface area (Å²) in [7, 11) is 1.72. The smallest absolute Gasteiger partial charge is 0.268 e. The first-order chi connectivity index (χ1) is 16.3. The van der Waals surface area contributed by atoms with Gasteiger partial charge in [-0.1, -0.05) is 29.3 Å². The van der Waals surface area contributed by atoms with E-state index in [1.165, 1.54) is 11.8 Å². The highest BCUT2D eigenvalue weighted by Gasteiger charge is 2.48. The number of pyridine rings is 1. The molecule has 1 aromatic carbocycles. The van der Waals surface area contributed by atoms with Crippen molar-refractivity contribution in [2.45, 2.75) is 34.3 Å². The lowest BCUT2D eigenvalue weighted by molar-refractivity contribution is 0.0428. The van der Waals surface area contributed by atoms with E-state index in [0.717, 1.165) is 16.9 Å². The predicted molar refractivity (Wildman–Crippen MR) is 133 cm³/mol. The van der Waals surface area contributed by atoms with Crippen molar-refractivity contribution < 1.29 is 4.74 Å². The van der Waals surface area contributed by atoms with Gasteiger partial charge in [-0.25, -0.2) is 9.97 Å². The first-order valence-electron chi connectivity index (χ1n) is 10.8. The fourth-order valence-electron chi connectivity index (χ4n) is 4.56. The van der Waals surface area contributed by atoms with Gasteiger partial charge in [0.05, 0.1) is 22.2 Å². The molecular weight excluding hydrogens is 472 g/mol. The number of nitrogen functional groups attached to an aromatic ring is 1. The van der Waals surface area contributed by atoms with Gasteiger partial charge in [0.2, 0.25) is 5.95 Å². The second-order valence-corrected chi connectivity index (χ2v) is 9.89. The van der Waals surface area contributed by atoms with Crippen molar-refractivity contribution in [2.75, 3.05) is 23.7 Å². The quantitative estimate of drug-likeness (QED) is 0.534. The Bertz CT molecular complexity index is 1380. The average Bonchev–Trinajstić information content (AvgIpc) is 3.11. The van der Waals surface area contributed by atoms with Crippen LogP contribution in [0.4, 0.5) is 11.8 Å². The summed E-state index contributed by atoms with van der Waals surface area (Å²) >= 11 is 7.45. The van der Waals surface area contributed by atoms with Gasteiger partial charge < -0.3 is 21.1 Å². The van der Waals surface area contributed by atoms with Gasteiger partial charge in [0.1, 0.15) is 17.2 Å². The molecule has 5 rings (SSSR count). The molecule has 2 aliphatic heterocycles. The zero-order valence-corrected chi connectivity index (χ0v) is 20.1. The standard InChI is InChI=1S/C24H23ClN6O2S/c1-3-14-4-5-16-15(12-14)20(26)24(33-16)7-10-31(11-8-24)23-29-13-18(22(32)30(23)2)34-17-6-9-28-21(27)19(17)25/h1,4-6,9,12-13,20H,7-8,10-11,26H2,2H3,(H2,27,28)/t20-/m1/s1. The van der Waals surface area contributed by atoms with Crippen molar-refractivity contribution in [2.24, 2.45) is 12.8 Å². The number of aromatic nitrogens is 3. The van der Waals surface area contributed by atoms with Crippen molar-refractivity contribution >= 4 is 35.1 Å². The van der Waals surface area contributed by atoms with Crippen LogP contribution < -0.4 is 26.7 Å². The van der Waals surface area contributed by atoms with Gasteiger partial charge in [-0.3, -0.25) is 9.36 Å². The Hall–Kier alpha value is -3.19. The molecule has 3 aromatic rings. The average molecular weight is 495 g/mol. The maximum atomic E-state index is 13.1. The van der Waals surface area contributed by atoms with Crippen LogP contribution in [0.15, 0.2) is 51.2 Å². The summed E-state index contributed by atoms with van der Waals surface area (Å²) in [4.78, 5) is 24.8. The molecule has 2 aliphatic rings. The van der Waals surface area contributed by atoms with Crippen LogP contribution in [-0.4, -0.2) is 33.2 Å². The summed E-state index contributed by atoms with van der Waals surface area (Å²) < 4.78 is 7.91. The predicted octanol–water partition coefficient (Wildman–Crippen LogP) is 2.97.